The Labute approximate surface area is 95.3 Å². The summed E-state index contributed by atoms with van der Waals surface area (Å²) in [5.74, 6) is 0.633. The maximum Gasteiger partial charge on any atom is 0.356 e. The molecule has 88 valence electrons. The number of ether oxygens (including phenoxy) is 1. The summed E-state index contributed by atoms with van der Waals surface area (Å²) < 4.78 is 4.58. The molecule has 0 aliphatic rings. The van der Waals surface area contributed by atoms with Gasteiger partial charge in [0.1, 0.15) is 0 Å². The maximum atomic E-state index is 11.2. The number of nitrogens with one attached hydrogen (secondary N) is 1. The Morgan fingerprint density at radius 2 is 2.31 bits per heavy atom. The summed E-state index contributed by atoms with van der Waals surface area (Å²) in [5.41, 5.74) is 0.268. The number of carbonyl (C=O) groups excluding carboxylic acids is 1. The molecule has 0 saturated carbocycles. The summed E-state index contributed by atoms with van der Waals surface area (Å²) in [6, 6.07) is 1.53. The van der Waals surface area contributed by atoms with Gasteiger partial charge in [-0.1, -0.05) is 13.8 Å². The minimum Gasteiger partial charge on any atom is -0.464 e. The van der Waals surface area contributed by atoms with Crippen molar-refractivity contribution in [2.75, 3.05) is 19.0 Å². The minimum atomic E-state index is -0.450. The third-order valence-electron chi connectivity index (χ3n) is 2.05. The lowest BCUT2D eigenvalue weighted by atomic mass is 10.1. The molecule has 0 amide bonds. The monoisotopic (exact) mass is 223 g/mol. The van der Waals surface area contributed by atoms with Crippen LogP contribution in [0, 0.1) is 5.92 Å². The van der Waals surface area contributed by atoms with E-state index in [1.165, 1.54) is 19.4 Å². The van der Waals surface area contributed by atoms with E-state index in [9.17, 15) is 4.79 Å². The van der Waals surface area contributed by atoms with E-state index in [2.05, 4.69) is 33.9 Å². The fourth-order valence-corrected chi connectivity index (χ4v) is 1.13. The molecule has 5 heteroatoms. The second-order valence-electron chi connectivity index (χ2n) is 3.87. The molecular formula is C11H17N3O2. The second kappa shape index (κ2) is 6.05. The smallest absolute Gasteiger partial charge is 0.356 e. The summed E-state index contributed by atoms with van der Waals surface area (Å²) in [6.45, 7) is 5.09. The number of rotatable bonds is 5. The lowest BCUT2D eigenvalue weighted by Gasteiger charge is -2.07. The molecule has 0 aliphatic heterocycles. The molecule has 16 heavy (non-hydrogen) atoms. The van der Waals surface area contributed by atoms with Crippen LogP contribution in [0.3, 0.4) is 0 Å². The zero-order valence-electron chi connectivity index (χ0n) is 9.86. The van der Waals surface area contributed by atoms with Gasteiger partial charge in [0.05, 0.1) is 7.11 Å². The first kappa shape index (κ1) is 12.4. The van der Waals surface area contributed by atoms with Gasteiger partial charge in [-0.25, -0.2) is 14.8 Å². The summed E-state index contributed by atoms with van der Waals surface area (Å²) in [7, 11) is 1.33. The highest BCUT2D eigenvalue weighted by Crippen LogP contribution is 2.04. The third-order valence-corrected chi connectivity index (χ3v) is 2.05. The first-order valence-electron chi connectivity index (χ1n) is 5.28. The van der Waals surface area contributed by atoms with Crippen LogP contribution in [0.1, 0.15) is 30.8 Å². The van der Waals surface area contributed by atoms with Gasteiger partial charge >= 0.3 is 5.97 Å². The Morgan fingerprint density at radius 3 is 2.94 bits per heavy atom. The largest absolute Gasteiger partial charge is 0.464 e. The van der Waals surface area contributed by atoms with Gasteiger partial charge in [0.25, 0.3) is 0 Å². The van der Waals surface area contributed by atoms with Crippen molar-refractivity contribution in [3.8, 4) is 0 Å². The Hall–Kier alpha value is -1.65. The predicted octanol–water partition coefficient (Wildman–Crippen LogP) is 1.72. The van der Waals surface area contributed by atoms with Gasteiger partial charge in [0.2, 0.25) is 5.95 Å². The standard InChI is InChI=1S/C11H17N3O2/c1-8(2)4-6-12-11-13-7-5-9(14-11)10(15)16-3/h5,7-8H,4,6H2,1-3H3,(H,12,13,14). The fourth-order valence-electron chi connectivity index (χ4n) is 1.13. The number of hydrogen-bond acceptors (Lipinski definition) is 5. The molecule has 0 saturated heterocycles. The van der Waals surface area contributed by atoms with Crippen LogP contribution in [0.5, 0.6) is 0 Å². The van der Waals surface area contributed by atoms with Crippen LogP contribution < -0.4 is 5.32 Å². The molecule has 0 aliphatic carbocycles. The van der Waals surface area contributed by atoms with Crippen molar-refractivity contribution in [1.29, 1.82) is 0 Å². The molecule has 5 nitrogen and oxygen atoms in total. The van der Waals surface area contributed by atoms with Gasteiger partial charge in [-0.3, -0.25) is 0 Å². The molecule has 0 aromatic carbocycles. The van der Waals surface area contributed by atoms with Crippen LogP contribution in [-0.4, -0.2) is 29.6 Å². The van der Waals surface area contributed by atoms with Crippen molar-refractivity contribution in [2.24, 2.45) is 5.92 Å². The Morgan fingerprint density at radius 1 is 1.56 bits per heavy atom. The zero-order chi connectivity index (χ0) is 12.0. The van der Waals surface area contributed by atoms with Crippen molar-refractivity contribution < 1.29 is 9.53 Å². The average Bonchev–Trinajstić information content (AvgIpc) is 2.28. The molecule has 0 unspecified atom stereocenters. The van der Waals surface area contributed by atoms with Crippen molar-refractivity contribution in [1.82, 2.24) is 9.97 Å². The molecule has 1 N–H and O–H groups in total. The van der Waals surface area contributed by atoms with E-state index in [1.54, 1.807) is 0 Å². The van der Waals surface area contributed by atoms with Crippen LogP contribution in [-0.2, 0) is 4.74 Å². The molecule has 1 rings (SSSR count). The summed E-state index contributed by atoms with van der Waals surface area (Å²) >= 11 is 0. The van der Waals surface area contributed by atoms with Crippen LogP contribution in [0.15, 0.2) is 12.3 Å². The lowest BCUT2D eigenvalue weighted by Crippen LogP contribution is -2.11. The number of carbonyl (C=O) groups is 1. The summed E-state index contributed by atoms with van der Waals surface area (Å²) in [6.07, 6.45) is 2.57. The van der Waals surface area contributed by atoms with Crippen molar-refractivity contribution in [2.45, 2.75) is 20.3 Å². The molecule has 0 fully saturated rings. The number of nitrogens with zero attached hydrogens (tertiary/aromatic N) is 2. The van der Waals surface area contributed by atoms with E-state index in [1.807, 2.05) is 0 Å². The molecule has 1 aromatic heterocycles. The molecule has 1 aromatic rings. The van der Waals surface area contributed by atoms with E-state index < -0.39 is 5.97 Å². The van der Waals surface area contributed by atoms with Crippen LogP contribution in [0.25, 0.3) is 0 Å². The molecule has 0 bridgehead atoms. The van der Waals surface area contributed by atoms with Gasteiger partial charge in [-0.15, -0.1) is 0 Å². The predicted molar refractivity (Wildman–Crippen MR) is 61.3 cm³/mol. The van der Waals surface area contributed by atoms with Gasteiger partial charge in [0.15, 0.2) is 5.69 Å². The first-order valence-corrected chi connectivity index (χ1v) is 5.28. The minimum absolute atomic E-state index is 0.268. The first-order chi connectivity index (χ1) is 7.63. The Bertz CT molecular complexity index is 353. The topological polar surface area (TPSA) is 64.1 Å². The Balaban J connectivity index is 2.57. The van der Waals surface area contributed by atoms with E-state index in [4.69, 9.17) is 0 Å². The highest BCUT2D eigenvalue weighted by Gasteiger charge is 2.07. The fraction of sp³-hybridized carbons (Fsp3) is 0.545. The highest BCUT2D eigenvalue weighted by molar-refractivity contribution is 5.87. The van der Waals surface area contributed by atoms with Gasteiger partial charge in [-0.2, -0.15) is 0 Å². The normalized spacial score (nSPS) is 10.2. The van der Waals surface area contributed by atoms with Crippen LogP contribution >= 0.6 is 0 Å². The second-order valence-corrected chi connectivity index (χ2v) is 3.87. The van der Waals surface area contributed by atoms with Gasteiger partial charge < -0.3 is 10.1 Å². The maximum absolute atomic E-state index is 11.2. The number of methoxy groups -OCH3 is 1. The van der Waals surface area contributed by atoms with Gasteiger partial charge in [0, 0.05) is 12.7 Å². The molecule has 0 radical (unpaired) electrons. The highest BCUT2D eigenvalue weighted by atomic mass is 16.5. The number of aromatic nitrogens is 2. The van der Waals surface area contributed by atoms with E-state index in [0.717, 1.165) is 13.0 Å². The van der Waals surface area contributed by atoms with Crippen LogP contribution in [0.2, 0.25) is 0 Å². The number of anilines is 1. The third kappa shape index (κ3) is 3.84. The summed E-state index contributed by atoms with van der Waals surface area (Å²) in [4.78, 5) is 19.3. The molecular weight excluding hydrogens is 206 g/mol. The van der Waals surface area contributed by atoms with Crippen LogP contribution in [0.4, 0.5) is 5.95 Å². The number of esters is 1. The van der Waals surface area contributed by atoms with Gasteiger partial charge in [-0.05, 0) is 18.4 Å². The van der Waals surface area contributed by atoms with Crippen molar-refractivity contribution >= 4 is 11.9 Å². The van der Waals surface area contributed by atoms with Crippen molar-refractivity contribution in [3.05, 3.63) is 18.0 Å². The number of hydrogen-bond donors (Lipinski definition) is 1. The quantitative estimate of drug-likeness (QED) is 0.770. The molecule has 1 heterocycles. The zero-order valence-corrected chi connectivity index (χ0v) is 9.86. The average molecular weight is 223 g/mol. The van der Waals surface area contributed by atoms with E-state index in [-0.39, 0.29) is 5.69 Å². The van der Waals surface area contributed by atoms with E-state index >= 15 is 0 Å². The van der Waals surface area contributed by atoms with E-state index in [0.29, 0.717) is 11.9 Å². The SMILES string of the molecule is COC(=O)c1ccnc(NCCC(C)C)n1. The van der Waals surface area contributed by atoms with Crippen molar-refractivity contribution in [3.63, 3.8) is 0 Å². The summed E-state index contributed by atoms with van der Waals surface area (Å²) in [5, 5.41) is 3.07. The molecule has 0 spiro atoms. The molecule has 0 atom stereocenters. The lowest BCUT2D eigenvalue weighted by molar-refractivity contribution is 0.0594. The Kier molecular flexibility index (Phi) is 4.69.